The minimum Gasteiger partial charge on any atom is -0.393 e. The summed E-state index contributed by atoms with van der Waals surface area (Å²) in [6.45, 7) is 3.70. The molecule has 3 rings (SSSR count). The van der Waals surface area contributed by atoms with Gasteiger partial charge in [-0.05, 0) is 81.3 Å². The Morgan fingerprint density at radius 3 is 2.54 bits per heavy atom. The second-order valence-corrected chi connectivity index (χ2v) is 6.93. The summed E-state index contributed by atoms with van der Waals surface area (Å²) < 4.78 is 13.2. The molecule has 1 aliphatic heterocycles. The number of aliphatic hydroxyl groups excluding tert-OH is 1. The van der Waals surface area contributed by atoms with Crippen LogP contribution in [0.1, 0.15) is 41.6 Å². The van der Waals surface area contributed by atoms with Crippen LogP contribution in [0.3, 0.4) is 0 Å². The van der Waals surface area contributed by atoms with Gasteiger partial charge in [-0.25, -0.2) is 4.39 Å². The smallest absolute Gasteiger partial charge is 0.251 e. The van der Waals surface area contributed by atoms with Crippen molar-refractivity contribution in [3.05, 3.63) is 35.1 Å². The second-order valence-electron chi connectivity index (χ2n) is 6.93. The third-order valence-electron chi connectivity index (χ3n) is 5.28. The van der Waals surface area contributed by atoms with Crippen LogP contribution in [0.25, 0.3) is 0 Å². The van der Waals surface area contributed by atoms with E-state index in [1.165, 1.54) is 12.1 Å². The number of amides is 1. The highest BCUT2D eigenvalue weighted by atomic mass is 35.5. The lowest BCUT2D eigenvalue weighted by molar-refractivity contribution is 0.00918. The zero-order chi connectivity index (χ0) is 16.4. The third kappa shape index (κ3) is 4.26. The van der Waals surface area contributed by atoms with Crippen LogP contribution >= 0.6 is 12.4 Å². The Morgan fingerprint density at radius 2 is 1.96 bits per heavy atom. The molecule has 0 radical (unpaired) electrons. The first-order valence-electron chi connectivity index (χ1n) is 8.50. The van der Waals surface area contributed by atoms with Gasteiger partial charge < -0.3 is 15.7 Å². The van der Waals surface area contributed by atoms with E-state index in [9.17, 15) is 14.3 Å². The molecular formula is C18H26ClFN2O2. The van der Waals surface area contributed by atoms with Gasteiger partial charge in [0.1, 0.15) is 5.82 Å². The molecule has 24 heavy (non-hydrogen) atoms. The lowest BCUT2D eigenvalue weighted by Gasteiger charge is -2.43. The zero-order valence-corrected chi connectivity index (χ0v) is 14.7. The van der Waals surface area contributed by atoms with Gasteiger partial charge in [0, 0.05) is 11.6 Å². The first-order valence-corrected chi connectivity index (χ1v) is 8.50. The standard InChI is InChI=1S/C18H25FN2O2.ClH/c1-11-8-14(19)2-3-16(11)18(23)21-17(13-9-15(22)10-13)12-4-6-20-7-5-12;/h2-3,8,12-13,15,17,20,22H,4-7,9-10H2,1H3,(H,21,23);1H. The van der Waals surface area contributed by atoms with Crippen LogP contribution in [0.15, 0.2) is 18.2 Å². The number of hydrogen-bond acceptors (Lipinski definition) is 3. The molecule has 0 aromatic heterocycles. The summed E-state index contributed by atoms with van der Waals surface area (Å²) in [6, 6.07) is 4.36. The lowest BCUT2D eigenvalue weighted by atomic mass is 9.71. The monoisotopic (exact) mass is 356 g/mol. The maximum Gasteiger partial charge on any atom is 0.251 e. The van der Waals surface area contributed by atoms with Gasteiger partial charge in [-0.1, -0.05) is 0 Å². The van der Waals surface area contributed by atoms with E-state index in [2.05, 4.69) is 10.6 Å². The van der Waals surface area contributed by atoms with Crippen LogP contribution in [0.4, 0.5) is 4.39 Å². The number of carbonyl (C=O) groups excluding carboxylic acids is 1. The van der Waals surface area contributed by atoms with Crippen molar-refractivity contribution in [2.24, 2.45) is 11.8 Å². The molecule has 3 N–H and O–H groups in total. The first-order chi connectivity index (χ1) is 11.0. The highest BCUT2D eigenvalue weighted by Gasteiger charge is 2.39. The van der Waals surface area contributed by atoms with E-state index in [4.69, 9.17) is 0 Å². The third-order valence-corrected chi connectivity index (χ3v) is 5.28. The van der Waals surface area contributed by atoms with Crippen LogP contribution < -0.4 is 10.6 Å². The average Bonchev–Trinajstić information content (AvgIpc) is 2.50. The summed E-state index contributed by atoms with van der Waals surface area (Å²) in [5.41, 5.74) is 1.19. The molecule has 134 valence electrons. The summed E-state index contributed by atoms with van der Waals surface area (Å²) in [4.78, 5) is 12.6. The Hall–Kier alpha value is -1.17. The van der Waals surface area contributed by atoms with E-state index >= 15 is 0 Å². The van der Waals surface area contributed by atoms with Crippen molar-refractivity contribution in [3.63, 3.8) is 0 Å². The van der Waals surface area contributed by atoms with Gasteiger partial charge in [0.05, 0.1) is 6.10 Å². The summed E-state index contributed by atoms with van der Waals surface area (Å²) in [5, 5.41) is 16.2. The van der Waals surface area contributed by atoms with Crippen molar-refractivity contribution >= 4 is 18.3 Å². The molecule has 2 aliphatic rings. The molecular weight excluding hydrogens is 331 g/mol. The Balaban J connectivity index is 0.00000208. The second kappa shape index (κ2) is 8.28. The van der Waals surface area contributed by atoms with Crippen molar-refractivity contribution in [2.45, 2.75) is 44.8 Å². The number of aliphatic hydroxyl groups is 1. The Morgan fingerprint density at radius 1 is 1.29 bits per heavy atom. The Labute approximate surface area is 148 Å². The molecule has 1 atom stereocenters. The molecule has 1 saturated heterocycles. The van der Waals surface area contributed by atoms with E-state index in [0.29, 0.717) is 23.0 Å². The van der Waals surface area contributed by atoms with Crippen molar-refractivity contribution in [1.29, 1.82) is 0 Å². The zero-order valence-electron chi connectivity index (χ0n) is 13.9. The largest absolute Gasteiger partial charge is 0.393 e. The van der Waals surface area contributed by atoms with Gasteiger partial charge in [-0.2, -0.15) is 0 Å². The predicted octanol–water partition coefficient (Wildman–Crippen LogP) is 2.42. The van der Waals surface area contributed by atoms with Crippen molar-refractivity contribution in [1.82, 2.24) is 10.6 Å². The first kappa shape index (κ1) is 19.2. The number of carbonyl (C=O) groups is 1. The summed E-state index contributed by atoms with van der Waals surface area (Å²) in [6.07, 6.45) is 3.38. The summed E-state index contributed by atoms with van der Waals surface area (Å²) in [5.74, 6) is 0.333. The molecule has 1 amide bonds. The number of hydrogen-bond donors (Lipinski definition) is 3. The van der Waals surface area contributed by atoms with Gasteiger partial charge in [0.2, 0.25) is 0 Å². The topological polar surface area (TPSA) is 61.4 Å². The number of benzene rings is 1. The van der Waals surface area contributed by atoms with E-state index in [1.54, 1.807) is 13.0 Å². The van der Waals surface area contributed by atoms with Gasteiger partial charge in [-0.3, -0.25) is 4.79 Å². The Bertz CT molecular complexity index is 572. The number of aryl methyl sites for hydroxylation is 1. The lowest BCUT2D eigenvalue weighted by Crippen LogP contribution is -2.53. The average molecular weight is 357 g/mol. The highest BCUT2D eigenvalue weighted by Crippen LogP contribution is 2.36. The molecule has 1 heterocycles. The van der Waals surface area contributed by atoms with Crippen LogP contribution in [0, 0.1) is 24.6 Å². The number of piperidine rings is 1. The number of rotatable bonds is 4. The molecule has 1 aliphatic carbocycles. The van der Waals surface area contributed by atoms with Crippen LogP contribution in [0.2, 0.25) is 0 Å². The van der Waals surface area contributed by atoms with Gasteiger partial charge >= 0.3 is 0 Å². The minimum absolute atomic E-state index is 0. The SMILES string of the molecule is Cc1cc(F)ccc1C(=O)NC(C1CCNCC1)C1CC(O)C1.Cl. The number of nitrogens with one attached hydrogen (secondary N) is 2. The van der Waals surface area contributed by atoms with Gasteiger partial charge in [0.25, 0.3) is 5.91 Å². The van der Waals surface area contributed by atoms with Crippen LogP contribution in [0.5, 0.6) is 0 Å². The van der Waals surface area contributed by atoms with E-state index in [1.807, 2.05) is 0 Å². The molecule has 4 nitrogen and oxygen atoms in total. The van der Waals surface area contributed by atoms with Crippen molar-refractivity contribution < 1.29 is 14.3 Å². The fourth-order valence-corrected chi connectivity index (χ4v) is 3.86. The van der Waals surface area contributed by atoms with Gasteiger partial charge in [-0.15, -0.1) is 12.4 Å². The minimum atomic E-state index is -0.323. The fraction of sp³-hybridized carbons (Fsp3) is 0.611. The van der Waals surface area contributed by atoms with E-state index in [-0.39, 0.29) is 36.3 Å². The molecule has 6 heteroatoms. The molecule has 0 bridgehead atoms. The summed E-state index contributed by atoms with van der Waals surface area (Å²) in [7, 11) is 0. The highest BCUT2D eigenvalue weighted by molar-refractivity contribution is 5.95. The fourth-order valence-electron chi connectivity index (χ4n) is 3.86. The normalized spacial score (nSPS) is 25.3. The van der Waals surface area contributed by atoms with E-state index in [0.717, 1.165) is 38.8 Å². The molecule has 0 spiro atoms. The van der Waals surface area contributed by atoms with Crippen LogP contribution in [-0.4, -0.2) is 36.2 Å². The molecule has 1 aromatic rings. The molecule has 1 aromatic carbocycles. The molecule has 1 saturated carbocycles. The predicted molar refractivity (Wildman–Crippen MR) is 94.0 cm³/mol. The maximum atomic E-state index is 13.2. The van der Waals surface area contributed by atoms with Crippen molar-refractivity contribution in [3.8, 4) is 0 Å². The molecule has 2 fully saturated rings. The summed E-state index contributed by atoms with van der Waals surface area (Å²) >= 11 is 0. The Kier molecular flexibility index (Phi) is 6.61. The molecule has 1 unspecified atom stereocenters. The maximum absolute atomic E-state index is 13.2. The van der Waals surface area contributed by atoms with E-state index < -0.39 is 0 Å². The quantitative estimate of drug-likeness (QED) is 0.776. The van der Waals surface area contributed by atoms with Crippen LogP contribution in [-0.2, 0) is 0 Å². The van der Waals surface area contributed by atoms with Gasteiger partial charge in [0.15, 0.2) is 0 Å². The number of halogens is 2. The van der Waals surface area contributed by atoms with Crippen molar-refractivity contribution in [2.75, 3.05) is 13.1 Å².